The molecule has 18 nitrogen and oxygen atoms in total. The first-order valence-corrected chi connectivity index (χ1v) is 29.0. The lowest BCUT2D eigenvalue weighted by molar-refractivity contribution is -0.143. The number of rotatable bonds is 20. The third-order valence-electron chi connectivity index (χ3n) is 17.5. The summed E-state index contributed by atoms with van der Waals surface area (Å²) in [5, 5.41) is 8.85. The van der Waals surface area contributed by atoms with Crippen molar-refractivity contribution < 1.29 is 39.0 Å². The smallest absolute Gasteiger partial charge is 0.263 e. The zero-order valence-electron chi connectivity index (χ0n) is 48.6. The minimum Gasteiger partial charge on any atom is -0.370 e. The number of piperazine rings is 2. The van der Waals surface area contributed by atoms with Gasteiger partial charge in [0.15, 0.2) is 0 Å². The zero-order valence-corrected chi connectivity index (χ0v) is 48.6. The van der Waals surface area contributed by atoms with E-state index in [1.165, 1.54) is 12.1 Å². The number of carbonyl (C=O) groups excluding carboxylic acids is 6. The summed E-state index contributed by atoms with van der Waals surface area (Å²) in [6, 6.07) is 9.00. The lowest BCUT2D eigenvalue weighted by Gasteiger charge is -2.48. The monoisotopic (exact) mass is 1110 g/mol. The number of carbonyl (C=O) groups is 6. The molecule has 80 heavy (non-hydrogen) atoms. The molecule has 1 unspecified atom stereocenters. The number of hydrogen-bond donors (Lipinski definition) is 3. The van der Waals surface area contributed by atoms with E-state index < -0.39 is 40.4 Å². The average Bonchev–Trinajstić information content (AvgIpc) is 3.50. The molecule has 0 aliphatic carbocycles. The number of likely N-dealkylation sites (tertiary alicyclic amines) is 2. The van der Waals surface area contributed by atoms with Crippen molar-refractivity contribution in [2.45, 2.75) is 131 Å². The Hall–Kier alpha value is -6.28. The lowest BCUT2D eigenvalue weighted by atomic mass is 9.73. The van der Waals surface area contributed by atoms with E-state index in [0.717, 1.165) is 74.9 Å². The van der Waals surface area contributed by atoms with Gasteiger partial charge in [0.25, 0.3) is 5.91 Å². The number of piperidine rings is 3. The Kier molecular flexibility index (Phi) is 18.9. The van der Waals surface area contributed by atoms with Crippen LogP contribution in [0.1, 0.15) is 129 Å². The Morgan fingerprint density at radius 1 is 0.863 bits per heavy atom. The van der Waals surface area contributed by atoms with Crippen molar-refractivity contribution in [3.8, 4) is 0 Å². The molecule has 6 amide bonds. The van der Waals surface area contributed by atoms with Crippen LogP contribution in [0, 0.1) is 40.7 Å². The number of aryl methyl sites for hydroxylation is 1. The summed E-state index contributed by atoms with van der Waals surface area (Å²) in [4.78, 5) is 100. The molecule has 3 N–H and O–H groups in total. The number of nitrogens with one attached hydrogen (secondary N) is 3. The predicted octanol–water partition coefficient (Wildman–Crippen LogP) is 6.86. The fourth-order valence-electron chi connectivity index (χ4n) is 13.2. The molecular weight excluding hydrogens is 1020 g/mol. The molecule has 3 aromatic rings. The highest BCUT2D eigenvalue weighted by atomic mass is 19.1. The number of anilines is 4. The third-order valence-corrected chi connectivity index (χ3v) is 17.5. The fraction of sp³-hybridized carbons (Fsp3) is 0.633. The van der Waals surface area contributed by atoms with Crippen molar-refractivity contribution in [1.82, 2.24) is 40.2 Å². The maximum absolute atomic E-state index is 15.8. The van der Waals surface area contributed by atoms with E-state index in [-0.39, 0.29) is 49.1 Å². The Morgan fingerprint density at radius 3 is 2.23 bits per heavy atom. The molecule has 5 aliphatic rings. The molecule has 1 atom stereocenters. The molecule has 438 valence electrons. The molecule has 5 saturated heterocycles. The normalized spacial score (nSPS) is 19.8. The van der Waals surface area contributed by atoms with Gasteiger partial charge in [-0.15, -0.1) is 0 Å². The van der Waals surface area contributed by atoms with Crippen molar-refractivity contribution in [2.24, 2.45) is 22.2 Å². The number of nitrogens with zero attached hydrogens (tertiary/aromatic N) is 9. The number of benzene rings is 2. The summed E-state index contributed by atoms with van der Waals surface area (Å²) in [6.07, 6.45) is 8.64. The fourth-order valence-corrected chi connectivity index (χ4v) is 13.2. The van der Waals surface area contributed by atoms with E-state index in [9.17, 15) is 28.8 Å². The molecule has 20 heteroatoms. The first-order valence-electron chi connectivity index (χ1n) is 29.0. The second-order valence-corrected chi connectivity index (χ2v) is 25.6. The minimum absolute atomic E-state index is 0. The lowest BCUT2D eigenvalue weighted by Crippen LogP contribution is -2.66. The maximum Gasteiger partial charge on any atom is 0.263 e. The topological polar surface area (TPSA) is 187 Å². The summed E-state index contributed by atoms with van der Waals surface area (Å²) in [5.74, 6) is -0.420. The molecule has 1 spiro atoms. The van der Waals surface area contributed by atoms with Gasteiger partial charge in [0.05, 0.1) is 23.3 Å². The van der Waals surface area contributed by atoms with Gasteiger partial charge in [-0.2, -0.15) is 0 Å². The summed E-state index contributed by atoms with van der Waals surface area (Å²) < 4.78 is 31.4. The second-order valence-electron chi connectivity index (χ2n) is 25.6. The van der Waals surface area contributed by atoms with Crippen LogP contribution in [0.3, 0.4) is 0 Å². The van der Waals surface area contributed by atoms with Crippen molar-refractivity contribution in [3.63, 3.8) is 0 Å². The second kappa shape index (κ2) is 25.2. The summed E-state index contributed by atoms with van der Waals surface area (Å²) >= 11 is 0. The van der Waals surface area contributed by atoms with Gasteiger partial charge in [-0.1, -0.05) is 67.0 Å². The quantitative estimate of drug-likeness (QED) is 0.0997. The summed E-state index contributed by atoms with van der Waals surface area (Å²) in [5.41, 5.74) is 1.11. The first-order chi connectivity index (χ1) is 38.0. The van der Waals surface area contributed by atoms with Gasteiger partial charge in [-0.05, 0) is 106 Å². The summed E-state index contributed by atoms with van der Waals surface area (Å²) in [7, 11) is 0. The number of aromatic nitrogens is 2. The van der Waals surface area contributed by atoms with E-state index in [1.807, 2.05) is 43.0 Å². The van der Waals surface area contributed by atoms with Crippen LogP contribution in [0.25, 0.3) is 0 Å². The highest BCUT2D eigenvalue weighted by Crippen LogP contribution is 2.39. The Bertz CT molecular complexity index is 2710. The average molecular weight is 1110 g/mol. The largest absolute Gasteiger partial charge is 0.370 e. The van der Waals surface area contributed by atoms with Crippen LogP contribution >= 0.6 is 0 Å². The predicted molar refractivity (Wildman–Crippen MR) is 308 cm³/mol. The van der Waals surface area contributed by atoms with Crippen molar-refractivity contribution in [1.29, 1.82) is 0 Å². The van der Waals surface area contributed by atoms with E-state index in [1.54, 1.807) is 11.2 Å². The van der Waals surface area contributed by atoms with Gasteiger partial charge < -0.3 is 30.2 Å². The molecule has 0 saturated carbocycles. The molecule has 8 rings (SSSR count). The molecule has 2 aromatic carbocycles. The number of imide groups is 2. The van der Waals surface area contributed by atoms with Crippen LogP contribution in [0.4, 0.5) is 31.8 Å². The van der Waals surface area contributed by atoms with Crippen LogP contribution < -0.4 is 30.7 Å². The Morgan fingerprint density at radius 2 is 1.56 bits per heavy atom. The van der Waals surface area contributed by atoms with Crippen LogP contribution in [0.5, 0.6) is 0 Å². The SMILES string of the molecule is CCCC(C(=O)NC=O)N(C=O)C(=O)c1c(C)cccc1N1CCN(CC(C)(C)CC(C)(C)C(=O)N2CCC(CNc3cc(N4CCC5(CC4)CN(c4cc(F)c(CN6CCC(C)(C)CC6)cc4F)CC(=O)N5)ncn3)CC2)CC1.[HH]. The standard InChI is InChI=1S/C60H86F2N12O6.H2/c1-9-11-48(54(78)66-40-75)74(41-76)55(79)53-42(2)12-10-13-47(53)70-28-26-69(27-29-70)37-58(5,6)36-59(7,8)56(80)72-20-14-43(15-21-72)33-63-50-32-51(65-39-64-50)71-24-18-60(19-25-71)38-73(35-52(77)67-60)49-31-45(61)44(30-46(49)62)34-68-22-16-57(3,4)17-23-68;/h10,12-13,30-32,39-41,43,48H,9,11,14-29,33-38H2,1-8H3,(H,67,77)(H,63,64,65)(H,66,75,78);1H. The third kappa shape index (κ3) is 14.4. The van der Waals surface area contributed by atoms with E-state index in [2.05, 4.69) is 87.1 Å². The van der Waals surface area contributed by atoms with Crippen LogP contribution in [0.2, 0.25) is 0 Å². The molecule has 6 heterocycles. The van der Waals surface area contributed by atoms with Crippen molar-refractivity contribution in [2.75, 3.05) is 112 Å². The molecule has 0 bridgehead atoms. The molecule has 1 aromatic heterocycles. The number of halogens is 2. The van der Waals surface area contributed by atoms with E-state index >= 15 is 8.78 Å². The van der Waals surface area contributed by atoms with E-state index in [4.69, 9.17) is 0 Å². The van der Waals surface area contributed by atoms with Gasteiger partial charge >= 0.3 is 0 Å². The van der Waals surface area contributed by atoms with Crippen LogP contribution in [-0.2, 0) is 30.5 Å². The van der Waals surface area contributed by atoms with Gasteiger partial charge in [0.2, 0.25) is 30.5 Å². The maximum atomic E-state index is 15.8. The van der Waals surface area contributed by atoms with Gasteiger partial charge in [-0.25, -0.2) is 18.7 Å². The zero-order chi connectivity index (χ0) is 57.6. The van der Waals surface area contributed by atoms with Crippen LogP contribution in [-0.4, -0.2) is 169 Å². The Balaban J connectivity index is 0.00000946. The van der Waals surface area contributed by atoms with Gasteiger partial charge in [-0.3, -0.25) is 48.8 Å². The van der Waals surface area contributed by atoms with Crippen molar-refractivity contribution in [3.05, 3.63) is 71.1 Å². The van der Waals surface area contributed by atoms with E-state index in [0.29, 0.717) is 119 Å². The number of hydrogen-bond acceptors (Lipinski definition) is 14. The van der Waals surface area contributed by atoms with Crippen molar-refractivity contribution >= 4 is 59.5 Å². The van der Waals surface area contributed by atoms with Gasteiger partial charge in [0.1, 0.15) is 35.6 Å². The Labute approximate surface area is 473 Å². The summed E-state index contributed by atoms with van der Waals surface area (Å²) in [6.45, 7) is 25.9. The van der Waals surface area contributed by atoms with Crippen LogP contribution in [0.15, 0.2) is 42.7 Å². The number of amides is 6. The molecule has 5 aliphatic heterocycles. The minimum atomic E-state index is -1.11. The highest BCUT2D eigenvalue weighted by molar-refractivity contribution is 6.08. The molecule has 5 fully saturated rings. The first kappa shape index (κ1) is 59.8. The molecule has 0 radical (unpaired) electrons. The molecular formula is C60H88F2N12O6. The highest BCUT2D eigenvalue weighted by Gasteiger charge is 2.43. The van der Waals surface area contributed by atoms with Gasteiger partial charge in [0, 0.05) is 109 Å².